The molecule has 0 fully saturated rings. The standard InChI is InChI=1S/C21H21N9O2/c1-14-7-6-8-15(11-14)12-23-25-21(31)18-17(13-29(2)16-9-4-3-5-10-16)30(28-24-18)20-19(22)26-32-27-20/h3-12H,13H2,1-2H3,(H2,22,26)(H,25,31)/b23-12+. The summed E-state index contributed by atoms with van der Waals surface area (Å²) in [6, 6.07) is 17.4. The molecule has 11 nitrogen and oxygen atoms in total. The lowest BCUT2D eigenvalue weighted by atomic mass is 10.2. The lowest BCUT2D eigenvalue weighted by Crippen LogP contribution is -2.24. The van der Waals surface area contributed by atoms with Gasteiger partial charge < -0.3 is 10.6 Å². The van der Waals surface area contributed by atoms with Crippen LogP contribution in [0.2, 0.25) is 0 Å². The number of nitrogens with two attached hydrogens (primary N) is 1. The Bertz CT molecular complexity index is 1250. The average Bonchev–Trinajstić information content (AvgIpc) is 3.40. The van der Waals surface area contributed by atoms with E-state index in [1.807, 2.05) is 73.5 Å². The Kier molecular flexibility index (Phi) is 5.88. The highest BCUT2D eigenvalue weighted by atomic mass is 16.6. The Morgan fingerprint density at radius 2 is 2.03 bits per heavy atom. The maximum absolute atomic E-state index is 12.9. The van der Waals surface area contributed by atoms with E-state index >= 15 is 0 Å². The van der Waals surface area contributed by atoms with Crippen molar-refractivity contribution in [3.63, 3.8) is 0 Å². The van der Waals surface area contributed by atoms with Gasteiger partial charge in [-0.25, -0.2) is 10.1 Å². The molecule has 3 N–H and O–H groups in total. The van der Waals surface area contributed by atoms with Crippen LogP contribution in [-0.2, 0) is 6.54 Å². The van der Waals surface area contributed by atoms with Crippen LogP contribution in [-0.4, -0.2) is 44.5 Å². The molecule has 32 heavy (non-hydrogen) atoms. The molecule has 2 aromatic carbocycles. The summed E-state index contributed by atoms with van der Waals surface area (Å²) in [5, 5.41) is 19.5. The summed E-state index contributed by atoms with van der Waals surface area (Å²) in [7, 11) is 1.88. The van der Waals surface area contributed by atoms with Crippen molar-refractivity contribution in [2.24, 2.45) is 5.10 Å². The first-order chi connectivity index (χ1) is 15.5. The molecule has 0 aliphatic carbocycles. The van der Waals surface area contributed by atoms with Gasteiger partial charge in [0.15, 0.2) is 5.69 Å². The quantitative estimate of drug-likeness (QED) is 0.334. The van der Waals surface area contributed by atoms with E-state index in [4.69, 9.17) is 5.73 Å². The van der Waals surface area contributed by atoms with E-state index in [9.17, 15) is 4.79 Å². The first-order valence-corrected chi connectivity index (χ1v) is 9.72. The van der Waals surface area contributed by atoms with Gasteiger partial charge in [-0.05, 0) is 34.9 Å². The third-order valence-electron chi connectivity index (χ3n) is 4.68. The molecule has 1 amide bonds. The summed E-state index contributed by atoms with van der Waals surface area (Å²) < 4.78 is 6.02. The van der Waals surface area contributed by atoms with Gasteiger partial charge in [0, 0.05) is 12.7 Å². The molecule has 0 unspecified atom stereocenters. The number of hydrogen-bond donors (Lipinski definition) is 2. The number of carbonyl (C=O) groups excluding carboxylic acids is 1. The van der Waals surface area contributed by atoms with Crippen LogP contribution in [0.25, 0.3) is 5.82 Å². The second-order valence-corrected chi connectivity index (χ2v) is 7.07. The van der Waals surface area contributed by atoms with E-state index in [1.54, 1.807) is 6.21 Å². The van der Waals surface area contributed by atoms with Crippen LogP contribution >= 0.6 is 0 Å². The second kappa shape index (κ2) is 9.08. The minimum Gasteiger partial charge on any atom is -0.378 e. The topological polar surface area (TPSA) is 140 Å². The Balaban J connectivity index is 1.61. The van der Waals surface area contributed by atoms with Crippen LogP contribution in [0.1, 0.15) is 27.3 Å². The van der Waals surface area contributed by atoms with Crippen LogP contribution < -0.4 is 16.1 Å². The van der Waals surface area contributed by atoms with E-state index < -0.39 is 5.91 Å². The molecule has 0 aliphatic rings. The Labute approximate surface area is 183 Å². The van der Waals surface area contributed by atoms with Crippen LogP contribution in [0.4, 0.5) is 11.5 Å². The van der Waals surface area contributed by atoms with Crippen molar-refractivity contribution in [1.82, 2.24) is 30.7 Å². The van der Waals surface area contributed by atoms with Gasteiger partial charge in [0.25, 0.3) is 5.91 Å². The van der Waals surface area contributed by atoms with Gasteiger partial charge in [-0.15, -0.1) is 5.10 Å². The summed E-state index contributed by atoms with van der Waals surface area (Å²) in [5.74, 6) is -0.342. The largest absolute Gasteiger partial charge is 0.378 e. The molecule has 0 atom stereocenters. The highest BCUT2D eigenvalue weighted by Crippen LogP contribution is 2.20. The van der Waals surface area contributed by atoms with Crippen LogP contribution in [0.3, 0.4) is 0 Å². The first-order valence-electron chi connectivity index (χ1n) is 9.72. The molecular weight excluding hydrogens is 410 g/mol. The number of amides is 1. The Morgan fingerprint density at radius 1 is 1.22 bits per heavy atom. The molecule has 0 bridgehead atoms. The number of hydrazone groups is 1. The highest BCUT2D eigenvalue weighted by Gasteiger charge is 2.25. The maximum atomic E-state index is 12.9. The lowest BCUT2D eigenvalue weighted by Gasteiger charge is -2.19. The summed E-state index contributed by atoms with van der Waals surface area (Å²) in [6.07, 6.45) is 1.56. The zero-order valence-corrected chi connectivity index (χ0v) is 17.5. The van der Waals surface area contributed by atoms with E-state index in [2.05, 4.69) is 35.8 Å². The third-order valence-corrected chi connectivity index (χ3v) is 4.68. The van der Waals surface area contributed by atoms with Crippen molar-refractivity contribution in [3.05, 3.63) is 77.1 Å². The molecule has 0 radical (unpaired) electrons. The Hall–Kier alpha value is -4.54. The van der Waals surface area contributed by atoms with E-state index in [0.29, 0.717) is 5.69 Å². The molecule has 11 heteroatoms. The molecular formula is C21H21N9O2. The number of para-hydroxylation sites is 1. The van der Waals surface area contributed by atoms with Crippen molar-refractivity contribution < 1.29 is 9.42 Å². The number of nitrogen functional groups attached to an aromatic ring is 1. The fourth-order valence-electron chi connectivity index (χ4n) is 3.10. The Morgan fingerprint density at radius 3 is 2.75 bits per heavy atom. The number of carbonyl (C=O) groups is 1. The summed E-state index contributed by atoms with van der Waals surface area (Å²) in [4.78, 5) is 14.8. The highest BCUT2D eigenvalue weighted by molar-refractivity contribution is 5.94. The predicted octanol–water partition coefficient (Wildman–Crippen LogP) is 1.94. The van der Waals surface area contributed by atoms with Gasteiger partial charge in [0.1, 0.15) is 0 Å². The van der Waals surface area contributed by atoms with E-state index in [1.165, 1.54) is 4.68 Å². The first kappa shape index (κ1) is 20.7. The van der Waals surface area contributed by atoms with Crippen molar-refractivity contribution >= 4 is 23.6 Å². The number of rotatable bonds is 7. The van der Waals surface area contributed by atoms with Crippen LogP contribution in [0, 0.1) is 6.92 Å². The predicted molar refractivity (Wildman–Crippen MR) is 118 cm³/mol. The molecule has 2 aromatic heterocycles. The number of aromatic nitrogens is 5. The van der Waals surface area contributed by atoms with Gasteiger partial charge in [0.05, 0.1) is 18.5 Å². The normalized spacial score (nSPS) is 11.1. The summed E-state index contributed by atoms with van der Waals surface area (Å²) in [5.41, 5.74) is 11.7. The van der Waals surface area contributed by atoms with Gasteiger partial charge in [-0.2, -0.15) is 9.78 Å². The number of nitrogens with one attached hydrogen (secondary N) is 1. The number of nitrogens with zero attached hydrogens (tertiary/aromatic N) is 7. The molecule has 2 heterocycles. The number of anilines is 2. The van der Waals surface area contributed by atoms with Crippen LogP contribution in [0.15, 0.2) is 64.3 Å². The molecule has 4 rings (SSSR count). The smallest absolute Gasteiger partial charge is 0.293 e. The van der Waals surface area contributed by atoms with Crippen molar-refractivity contribution in [2.75, 3.05) is 17.7 Å². The zero-order valence-electron chi connectivity index (χ0n) is 17.5. The number of hydrogen-bond acceptors (Lipinski definition) is 9. The molecule has 0 spiro atoms. The number of aryl methyl sites for hydroxylation is 1. The van der Waals surface area contributed by atoms with Gasteiger partial charge in [-0.3, -0.25) is 4.79 Å². The van der Waals surface area contributed by atoms with E-state index in [0.717, 1.165) is 16.8 Å². The fourth-order valence-corrected chi connectivity index (χ4v) is 3.10. The van der Waals surface area contributed by atoms with Crippen LogP contribution in [0.5, 0.6) is 0 Å². The van der Waals surface area contributed by atoms with Gasteiger partial charge >= 0.3 is 0 Å². The van der Waals surface area contributed by atoms with E-state index in [-0.39, 0.29) is 23.9 Å². The molecule has 162 valence electrons. The summed E-state index contributed by atoms with van der Waals surface area (Å²) in [6.45, 7) is 2.27. The lowest BCUT2D eigenvalue weighted by molar-refractivity contribution is 0.0949. The monoisotopic (exact) mass is 431 g/mol. The third kappa shape index (κ3) is 4.46. The second-order valence-electron chi connectivity index (χ2n) is 7.07. The zero-order chi connectivity index (χ0) is 22.5. The fraction of sp³-hybridized carbons (Fsp3) is 0.143. The average molecular weight is 431 g/mol. The minimum atomic E-state index is -0.522. The summed E-state index contributed by atoms with van der Waals surface area (Å²) >= 11 is 0. The van der Waals surface area contributed by atoms with Crippen molar-refractivity contribution in [1.29, 1.82) is 0 Å². The molecule has 0 saturated carbocycles. The van der Waals surface area contributed by atoms with Crippen molar-refractivity contribution in [2.45, 2.75) is 13.5 Å². The maximum Gasteiger partial charge on any atom is 0.293 e. The molecule has 4 aromatic rings. The molecule has 0 saturated heterocycles. The van der Waals surface area contributed by atoms with Gasteiger partial charge in [-0.1, -0.05) is 53.2 Å². The number of benzene rings is 2. The molecule has 0 aliphatic heterocycles. The minimum absolute atomic E-state index is 0.0305. The SMILES string of the molecule is Cc1cccc(/C=N/NC(=O)c2nnn(-c3nonc3N)c2CN(C)c2ccccc2)c1. The van der Waals surface area contributed by atoms with Crippen molar-refractivity contribution in [3.8, 4) is 5.82 Å². The van der Waals surface area contributed by atoms with Gasteiger partial charge in [0.2, 0.25) is 11.6 Å².